The van der Waals surface area contributed by atoms with Crippen LogP contribution in [0.5, 0.6) is 0 Å². The molecule has 0 aliphatic heterocycles. The third kappa shape index (κ3) is 4.67. The van der Waals surface area contributed by atoms with Crippen molar-refractivity contribution in [1.29, 1.82) is 0 Å². The van der Waals surface area contributed by atoms with E-state index in [1.807, 2.05) is 20.0 Å². The number of aromatic nitrogens is 2. The molecule has 5 heteroatoms. The lowest BCUT2D eigenvalue weighted by Crippen LogP contribution is -2.28. The van der Waals surface area contributed by atoms with Gasteiger partial charge in [0.15, 0.2) is 0 Å². The second-order valence-electron chi connectivity index (χ2n) is 4.65. The second-order valence-corrected chi connectivity index (χ2v) is 4.65. The van der Waals surface area contributed by atoms with E-state index in [1.54, 1.807) is 0 Å². The van der Waals surface area contributed by atoms with Crippen LogP contribution in [0, 0.1) is 0 Å². The molecule has 0 spiro atoms. The molecular weight excluding hydrogens is 240 g/mol. The minimum absolute atomic E-state index is 0.317. The summed E-state index contributed by atoms with van der Waals surface area (Å²) in [6.07, 6.45) is 0. The first-order valence-corrected chi connectivity index (χ1v) is 7.01. The highest BCUT2D eigenvalue weighted by atomic mass is 16.5. The second kappa shape index (κ2) is 7.94. The number of likely N-dealkylation sites (N-methyl/N-ethyl adjacent to an activating group) is 1. The molecule has 0 fully saturated rings. The summed E-state index contributed by atoms with van der Waals surface area (Å²) in [6.45, 7) is 11.6. The highest BCUT2D eigenvalue weighted by Gasteiger charge is 2.12. The van der Waals surface area contributed by atoms with E-state index >= 15 is 0 Å². The van der Waals surface area contributed by atoms with Crippen LogP contribution in [0.4, 0.5) is 11.6 Å². The molecule has 0 saturated heterocycles. The fourth-order valence-electron chi connectivity index (χ4n) is 1.75. The lowest BCUT2D eigenvalue weighted by molar-refractivity contribution is 0.154. The SMILES string of the molecule is CCOCCN(CC)c1cc(NC)nc(C(C)C)n1. The van der Waals surface area contributed by atoms with Crippen LogP contribution in [0.2, 0.25) is 0 Å². The Kier molecular flexibility index (Phi) is 6.56. The van der Waals surface area contributed by atoms with Gasteiger partial charge in [-0.1, -0.05) is 13.8 Å². The minimum Gasteiger partial charge on any atom is -0.380 e. The molecule has 19 heavy (non-hydrogen) atoms. The first-order valence-electron chi connectivity index (χ1n) is 7.01. The molecule has 1 rings (SSSR count). The molecule has 1 aromatic rings. The summed E-state index contributed by atoms with van der Waals surface area (Å²) in [5, 5.41) is 3.10. The largest absolute Gasteiger partial charge is 0.380 e. The summed E-state index contributed by atoms with van der Waals surface area (Å²) in [4.78, 5) is 11.3. The third-order valence-electron chi connectivity index (χ3n) is 2.92. The van der Waals surface area contributed by atoms with Gasteiger partial charge < -0.3 is 15.0 Å². The average Bonchev–Trinajstić information content (AvgIpc) is 2.43. The van der Waals surface area contributed by atoms with Crippen LogP contribution in [-0.2, 0) is 4.74 Å². The van der Waals surface area contributed by atoms with E-state index < -0.39 is 0 Å². The monoisotopic (exact) mass is 266 g/mol. The summed E-state index contributed by atoms with van der Waals surface area (Å²) in [5.41, 5.74) is 0. The zero-order valence-electron chi connectivity index (χ0n) is 12.7. The predicted octanol–water partition coefficient (Wildman–Crippen LogP) is 2.50. The van der Waals surface area contributed by atoms with E-state index in [1.165, 1.54) is 0 Å². The van der Waals surface area contributed by atoms with E-state index in [4.69, 9.17) is 4.74 Å². The van der Waals surface area contributed by atoms with Gasteiger partial charge in [0.1, 0.15) is 17.5 Å². The van der Waals surface area contributed by atoms with E-state index in [0.717, 1.165) is 43.8 Å². The lowest BCUT2D eigenvalue weighted by Gasteiger charge is -2.23. The zero-order chi connectivity index (χ0) is 14.3. The Balaban J connectivity index is 2.91. The van der Waals surface area contributed by atoms with E-state index in [0.29, 0.717) is 5.92 Å². The van der Waals surface area contributed by atoms with Crippen molar-refractivity contribution in [3.63, 3.8) is 0 Å². The summed E-state index contributed by atoms with van der Waals surface area (Å²) in [5.74, 6) is 3.02. The van der Waals surface area contributed by atoms with Crippen LogP contribution in [-0.4, -0.2) is 43.3 Å². The summed E-state index contributed by atoms with van der Waals surface area (Å²) in [6, 6.07) is 1.99. The van der Waals surface area contributed by atoms with Gasteiger partial charge >= 0.3 is 0 Å². The van der Waals surface area contributed by atoms with Crippen molar-refractivity contribution in [2.45, 2.75) is 33.6 Å². The van der Waals surface area contributed by atoms with Crippen LogP contribution in [0.1, 0.15) is 39.4 Å². The van der Waals surface area contributed by atoms with Crippen molar-refractivity contribution in [3.8, 4) is 0 Å². The van der Waals surface area contributed by atoms with Crippen LogP contribution < -0.4 is 10.2 Å². The number of rotatable bonds is 8. The Bertz CT molecular complexity index is 382. The normalized spacial score (nSPS) is 10.8. The number of nitrogens with zero attached hydrogens (tertiary/aromatic N) is 3. The van der Waals surface area contributed by atoms with Crippen molar-refractivity contribution in [2.24, 2.45) is 0 Å². The van der Waals surface area contributed by atoms with E-state index in [2.05, 4.69) is 41.0 Å². The van der Waals surface area contributed by atoms with Gasteiger partial charge in [-0.3, -0.25) is 0 Å². The molecule has 0 bridgehead atoms. The highest BCUT2D eigenvalue weighted by molar-refractivity contribution is 5.49. The van der Waals surface area contributed by atoms with Crippen molar-refractivity contribution in [3.05, 3.63) is 11.9 Å². The number of nitrogens with one attached hydrogen (secondary N) is 1. The Labute approximate surface area is 116 Å². The fraction of sp³-hybridized carbons (Fsp3) is 0.714. The topological polar surface area (TPSA) is 50.3 Å². The van der Waals surface area contributed by atoms with E-state index in [-0.39, 0.29) is 0 Å². The number of hydrogen-bond acceptors (Lipinski definition) is 5. The molecule has 0 radical (unpaired) electrons. The van der Waals surface area contributed by atoms with Gasteiger partial charge in [-0.2, -0.15) is 0 Å². The standard InChI is InChI=1S/C14H26N4O/c1-6-18(8-9-19-7-2)13-10-12(15-5)16-14(17-13)11(3)4/h10-11H,6-9H2,1-5H3,(H,15,16,17). The first-order chi connectivity index (χ1) is 9.12. The van der Waals surface area contributed by atoms with E-state index in [9.17, 15) is 0 Å². The lowest BCUT2D eigenvalue weighted by atomic mass is 10.2. The van der Waals surface area contributed by atoms with Crippen LogP contribution in [0.15, 0.2) is 6.07 Å². The summed E-state index contributed by atoms with van der Waals surface area (Å²) in [7, 11) is 1.88. The third-order valence-corrected chi connectivity index (χ3v) is 2.92. The van der Waals surface area contributed by atoms with Gasteiger partial charge in [0.05, 0.1) is 6.61 Å². The smallest absolute Gasteiger partial charge is 0.135 e. The molecule has 0 saturated carbocycles. The Morgan fingerprint density at radius 1 is 1.32 bits per heavy atom. The van der Waals surface area contributed by atoms with Gasteiger partial charge in [-0.05, 0) is 13.8 Å². The number of anilines is 2. The van der Waals surface area contributed by atoms with Crippen LogP contribution >= 0.6 is 0 Å². The molecule has 0 aliphatic carbocycles. The molecule has 5 nitrogen and oxygen atoms in total. The minimum atomic E-state index is 0.317. The van der Waals surface area contributed by atoms with Gasteiger partial charge in [0.25, 0.3) is 0 Å². The quantitative estimate of drug-likeness (QED) is 0.733. The van der Waals surface area contributed by atoms with Crippen LogP contribution in [0.25, 0.3) is 0 Å². The Hall–Kier alpha value is -1.36. The van der Waals surface area contributed by atoms with Crippen molar-refractivity contribution >= 4 is 11.6 Å². The van der Waals surface area contributed by atoms with Crippen molar-refractivity contribution in [1.82, 2.24) is 9.97 Å². The molecule has 1 N–H and O–H groups in total. The molecule has 108 valence electrons. The predicted molar refractivity (Wildman–Crippen MR) is 80.0 cm³/mol. The molecular formula is C14H26N4O. The molecule has 0 amide bonds. The zero-order valence-corrected chi connectivity index (χ0v) is 12.7. The maximum atomic E-state index is 5.42. The summed E-state index contributed by atoms with van der Waals surface area (Å²) < 4.78 is 5.42. The van der Waals surface area contributed by atoms with Crippen LogP contribution in [0.3, 0.4) is 0 Å². The maximum Gasteiger partial charge on any atom is 0.135 e. The first kappa shape index (κ1) is 15.7. The number of hydrogen-bond donors (Lipinski definition) is 1. The van der Waals surface area contributed by atoms with Crippen molar-refractivity contribution < 1.29 is 4.74 Å². The highest BCUT2D eigenvalue weighted by Crippen LogP contribution is 2.19. The summed E-state index contributed by atoms with van der Waals surface area (Å²) >= 11 is 0. The van der Waals surface area contributed by atoms with Gasteiger partial charge in [-0.15, -0.1) is 0 Å². The average molecular weight is 266 g/mol. The molecule has 0 aromatic carbocycles. The van der Waals surface area contributed by atoms with Gasteiger partial charge in [0, 0.05) is 38.7 Å². The fourth-order valence-corrected chi connectivity index (χ4v) is 1.75. The molecule has 1 aromatic heterocycles. The Morgan fingerprint density at radius 3 is 2.58 bits per heavy atom. The molecule has 0 atom stereocenters. The molecule has 0 aliphatic rings. The molecule has 0 unspecified atom stereocenters. The maximum absolute atomic E-state index is 5.42. The number of ether oxygens (including phenoxy) is 1. The van der Waals surface area contributed by atoms with Gasteiger partial charge in [0.2, 0.25) is 0 Å². The molecule has 1 heterocycles. The van der Waals surface area contributed by atoms with Gasteiger partial charge in [-0.25, -0.2) is 9.97 Å². The Morgan fingerprint density at radius 2 is 2.05 bits per heavy atom. The van der Waals surface area contributed by atoms with Crippen molar-refractivity contribution in [2.75, 3.05) is 43.6 Å².